The zero-order chi connectivity index (χ0) is 31.9. The van der Waals surface area contributed by atoms with Crippen molar-refractivity contribution in [1.29, 1.82) is 0 Å². The zero-order valence-electron chi connectivity index (χ0n) is 28.5. The first-order valence-electron chi connectivity index (χ1n) is 17.3. The summed E-state index contributed by atoms with van der Waals surface area (Å²) in [5.41, 5.74) is 1.86. The second-order valence-corrected chi connectivity index (χ2v) is 17.6. The summed E-state index contributed by atoms with van der Waals surface area (Å²) in [5.74, 6) is 0.625. The summed E-state index contributed by atoms with van der Waals surface area (Å²) in [7, 11) is 0. The highest BCUT2D eigenvalue weighted by Gasteiger charge is 2.70. The van der Waals surface area contributed by atoms with E-state index in [1.165, 1.54) is 12.5 Å². The summed E-state index contributed by atoms with van der Waals surface area (Å²) in [6.45, 7) is 18.4. The molecular formula is C39H56O5. The molecule has 0 aromatic heterocycles. The molecule has 0 unspecified atom stereocenters. The SMILES string of the molecule is CC(=O)O[C@@H]1C[C@]2(C)[C@H]3CC=C4[C@@H]5CC(C)(C)CC[C@]5(C(=O)OCc5ccccc5)CC[C@@]4(C)[C@]3(C)CC[C@H]2C(C)(C)[C@H]1O. The van der Waals surface area contributed by atoms with Crippen LogP contribution in [0.25, 0.3) is 0 Å². The minimum absolute atomic E-state index is 0.00000866. The molecule has 9 atom stereocenters. The molecule has 44 heavy (non-hydrogen) atoms. The first kappa shape index (κ1) is 31.8. The summed E-state index contributed by atoms with van der Waals surface area (Å²) in [4.78, 5) is 26.4. The summed E-state index contributed by atoms with van der Waals surface area (Å²) in [6, 6.07) is 10.1. The van der Waals surface area contributed by atoms with E-state index in [2.05, 4.69) is 54.5 Å². The van der Waals surface area contributed by atoms with E-state index in [0.29, 0.717) is 24.9 Å². The molecule has 242 valence electrons. The maximum absolute atomic E-state index is 14.2. The molecule has 0 bridgehead atoms. The van der Waals surface area contributed by atoms with Crippen molar-refractivity contribution in [3.05, 3.63) is 47.5 Å². The molecule has 5 nitrogen and oxygen atoms in total. The molecule has 5 heteroatoms. The van der Waals surface area contributed by atoms with E-state index in [9.17, 15) is 14.7 Å². The number of esters is 2. The Bertz CT molecular complexity index is 1330. The number of aliphatic hydroxyl groups excluding tert-OH is 1. The van der Waals surface area contributed by atoms with Crippen LogP contribution in [0.15, 0.2) is 42.0 Å². The first-order valence-corrected chi connectivity index (χ1v) is 17.3. The number of hydrogen-bond donors (Lipinski definition) is 1. The Hall–Kier alpha value is -2.14. The van der Waals surface area contributed by atoms with Crippen LogP contribution in [-0.2, 0) is 25.7 Å². The van der Waals surface area contributed by atoms with Crippen molar-refractivity contribution in [2.24, 2.45) is 50.2 Å². The van der Waals surface area contributed by atoms with Gasteiger partial charge in [-0.3, -0.25) is 9.59 Å². The molecule has 1 aromatic carbocycles. The molecule has 0 heterocycles. The maximum atomic E-state index is 14.2. The third-order valence-corrected chi connectivity index (χ3v) is 14.5. The monoisotopic (exact) mass is 604 g/mol. The first-order chi connectivity index (χ1) is 20.5. The van der Waals surface area contributed by atoms with E-state index in [0.717, 1.165) is 56.9 Å². The second-order valence-electron chi connectivity index (χ2n) is 17.6. The van der Waals surface area contributed by atoms with Gasteiger partial charge < -0.3 is 14.6 Å². The van der Waals surface area contributed by atoms with E-state index in [1.807, 2.05) is 30.3 Å². The van der Waals surface area contributed by atoms with E-state index in [-0.39, 0.29) is 44.9 Å². The fraction of sp³-hybridized carbons (Fsp3) is 0.744. The number of allylic oxidation sites excluding steroid dienone is 2. The molecule has 6 rings (SSSR count). The van der Waals surface area contributed by atoms with Gasteiger partial charge in [0.1, 0.15) is 12.7 Å². The number of carbonyl (C=O) groups excluding carboxylic acids is 2. The second kappa shape index (κ2) is 10.4. The molecule has 1 aromatic rings. The average Bonchev–Trinajstić information content (AvgIpc) is 2.95. The third kappa shape index (κ3) is 4.56. The van der Waals surface area contributed by atoms with Gasteiger partial charge in [0.2, 0.25) is 0 Å². The quantitative estimate of drug-likeness (QED) is 0.276. The summed E-state index contributed by atoms with van der Waals surface area (Å²) in [5, 5.41) is 11.4. The molecule has 0 radical (unpaired) electrons. The van der Waals surface area contributed by atoms with Crippen molar-refractivity contribution < 1.29 is 24.2 Å². The lowest BCUT2D eigenvalue weighted by molar-refractivity contribution is -0.238. The summed E-state index contributed by atoms with van der Waals surface area (Å²) >= 11 is 0. The molecule has 0 aliphatic heterocycles. The van der Waals surface area contributed by atoms with Crippen LogP contribution in [-0.4, -0.2) is 29.3 Å². The Morgan fingerprint density at radius 2 is 1.57 bits per heavy atom. The van der Waals surface area contributed by atoms with Crippen molar-refractivity contribution in [2.45, 2.75) is 132 Å². The van der Waals surface area contributed by atoms with Crippen LogP contribution in [0.1, 0.15) is 119 Å². The predicted molar refractivity (Wildman–Crippen MR) is 172 cm³/mol. The van der Waals surface area contributed by atoms with Crippen LogP contribution >= 0.6 is 0 Å². The van der Waals surface area contributed by atoms with Gasteiger partial charge in [-0.05, 0) is 108 Å². The van der Waals surface area contributed by atoms with Gasteiger partial charge in [-0.15, -0.1) is 0 Å². The lowest BCUT2D eigenvalue weighted by Gasteiger charge is -2.71. The van der Waals surface area contributed by atoms with Crippen molar-refractivity contribution in [3.63, 3.8) is 0 Å². The Balaban J connectivity index is 1.37. The lowest BCUT2D eigenvalue weighted by atomic mass is 9.33. The van der Waals surface area contributed by atoms with Gasteiger partial charge in [0.15, 0.2) is 0 Å². The molecule has 5 aliphatic carbocycles. The number of benzene rings is 1. The van der Waals surface area contributed by atoms with Gasteiger partial charge in [0.25, 0.3) is 0 Å². The molecule has 5 aliphatic rings. The van der Waals surface area contributed by atoms with Gasteiger partial charge in [-0.2, -0.15) is 0 Å². The number of ether oxygens (including phenoxy) is 2. The Kier molecular flexibility index (Phi) is 7.55. The van der Waals surface area contributed by atoms with Crippen molar-refractivity contribution in [1.82, 2.24) is 0 Å². The van der Waals surface area contributed by atoms with Crippen molar-refractivity contribution >= 4 is 11.9 Å². The molecule has 0 saturated heterocycles. The number of hydrogen-bond acceptors (Lipinski definition) is 5. The zero-order valence-corrected chi connectivity index (χ0v) is 28.5. The van der Waals surface area contributed by atoms with E-state index in [4.69, 9.17) is 9.47 Å². The normalized spacial score (nSPS) is 43.7. The van der Waals surface area contributed by atoms with Gasteiger partial charge in [0, 0.05) is 6.92 Å². The fourth-order valence-electron chi connectivity index (χ4n) is 11.9. The van der Waals surface area contributed by atoms with Crippen LogP contribution in [0.2, 0.25) is 0 Å². The molecule has 0 amide bonds. The highest BCUT2D eigenvalue weighted by molar-refractivity contribution is 5.79. The highest BCUT2D eigenvalue weighted by atomic mass is 16.6. The Morgan fingerprint density at radius 3 is 2.25 bits per heavy atom. The van der Waals surface area contributed by atoms with Gasteiger partial charge in [0.05, 0.1) is 11.5 Å². The van der Waals surface area contributed by atoms with Crippen molar-refractivity contribution in [3.8, 4) is 0 Å². The van der Waals surface area contributed by atoms with Crippen LogP contribution in [0.5, 0.6) is 0 Å². The predicted octanol–water partition coefficient (Wildman–Crippen LogP) is 8.43. The average molecular weight is 605 g/mol. The fourth-order valence-corrected chi connectivity index (χ4v) is 11.9. The standard InChI is InChI=1S/C39H56O5/c1-25(40)44-29-23-36(6)30(35(4,5)32(29)41)16-17-38(8)31(36)15-14-27-28-22-34(2,3)18-20-39(28,21-19-37(27,38)7)33(42)43-24-26-12-10-9-11-13-26/h9-14,28-32,41H,15-24H2,1-8H3/t28-,29+,30-,31+,32-,36-,37+,38+,39-/m0/s1. The smallest absolute Gasteiger partial charge is 0.313 e. The number of carbonyl (C=O) groups is 2. The lowest BCUT2D eigenvalue weighted by Crippen LogP contribution is -2.67. The Morgan fingerprint density at radius 1 is 0.886 bits per heavy atom. The third-order valence-electron chi connectivity index (χ3n) is 14.5. The van der Waals surface area contributed by atoms with E-state index < -0.39 is 17.6 Å². The topological polar surface area (TPSA) is 72.8 Å². The summed E-state index contributed by atoms with van der Waals surface area (Å²) < 4.78 is 12.0. The van der Waals surface area contributed by atoms with Crippen LogP contribution in [0, 0.1) is 50.2 Å². The summed E-state index contributed by atoms with van der Waals surface area (Å²) in [6.07, 6.45) is 10.1. The molecule has 0 spiro atoms. The maximum Gasteiger partial charge on any atom is 0.313 e. The Labute approximate surface area is 265 Å². The van der Waals surface area contributed by atoms with Crippen LogP contribution in [0.4, 0.5) is 0 Å². The molecule has 4 saturated carbocycles. The number of fused-ring (bicyclic) bond motifs is 7. The largest absolute Gasteiger partial charge is 0.460 e. The van der Waals surface area contributed by atoms with Crippen LogP contribution < -0.4 is 0 Å². The van der Waals surface area contributed by atoms with Gasteiger partial charge in [-0.25, -0.2) is 0 Å². The number of rotatable bonds is 4. The van der Waals surface area contributed by atoms with Crippen molar-refractivity contribution in [2.75, 3.05) is 0 Å². The molecule has 1 N–H and O–H groups in total. The molecular weight excluding hydrogens is 548 g/mol. The highest BCUT2D eigenvalue weighted by Crippen LogP contribution is 2.76. The van der Waals surface area contributed by atoms with Gasteiger partial charge >= 0.3 is 11.9 Å². The molecule has 4 fully saturated rings. The van der Waals surface area contributed by atoms with E-state index >= 15 is 0 Å². The van der Waals surface area contributed by atoms with Gasteiger partial charge in [-0.1, -0.05) is 90.4 Å². The minimum Gasteiger partial charge on any atom is -0.460 e. The van der Waals surface area contributed by atoms with E-state index in [1.54, 1.807) is 0 Å². The minimum atomic E-state index is -0.666. The van der Waals surface area contributed by atoms with Crippen LogP contribution in [0.3, 0.4) is 0 Å². The number of aliphatic hydroxyl groups is 1.